The van der Waals surface area contributed by atoms with Crippen LogP contribution in [0.15, 0.2) is 42.7 Å². The van der Waals surface area contributed by atoms with Crippen LogP contribution < -0.4 is 5.32 Å². The monoisotopic (exact) mass is 306 g/mol. The van der Waals surface area contributed by atoms with E-state index in [0.29, 0.717) is 5.92 Å². The molecule has 3 heterocycles. The lowest BCUT2D eigenvalue weighted by atomic mass is 10.2. The minimum absolute atomic E-state index is 0.532. The summed E-state index contributed by atoms with van der Waals surface area (Å²) in [5, 5.41) is 10.6. The Morgan fingerprint density at radius 3 is 2.87 bits per heavy atom. The van der Waals surface area contributed by atoms with Gasteiger partial charge in [0.25, 0.3) is 0 Å². The zero-order chi connectivity index (χ0) is 15.8. The zero-order valence-electron chi connectivity index (χ0n) is 13.1. The Hall–Kier alpha value is -2.89. The highest BCUT2D eigenvalue weighted by Gasteiger charge is 2.15. The normalized spacial score (nSPS) is 11.6. The van der Waals surface area contributed by atoms with Crippen LogP contribution in [0.25, 0.3) is 28.1 Å². The number of fused-ring (bicyclic) bond motifs is 3. The lowest BCUT2D eigenvalue weighted by Crippen LogP contribution is -2.11. The SMILES string of the molecule is CC(C)CNc1nc2ccccc2n2c(-c3cc[nH]n3)cnc12. The first kappa shape index (κ1) is 13.8. The first-order valence-electron chi connectivity index (χ1n) is 7.74. The second-order valence-electron chi connectivity index (χ2n) is 5.99. The summed E-state index contributed by atoms with van der Waals surface area (Å²) in [6.45, 7) is 5.20. The molecule has 4 aromatic rings. The molecule has 0 aliphatic rings. The molecular weight excluding hydrogens is 288 g/mol. The minimum atomic E-state index is 0.532. The van der Waals surface area contributed by atoms with Crippen molar-refractivity contribution in [1.29, 1.82) is 0 Å². The highest BCUT2D eigenvalue weighted by molar-refractivity contribution is 5.85. The Kier molecular flexibility index (Phi) is 3.22. The predicted molar refractivity (Wildman–Crippen MR) is 91.4 cm³/mol. The van der Waals surface area contributed by atoms with Crippen molar-refractivity contribution >= 4 is 22.5 Å². The van der Waals surface area contributed by atoms with Gasteiger partial charge in [0.1, 0.15) is 5.69 Å². The lowest BCUT2D eigenvalue weighted by Gasteiger charge is -2.12. The Labute approximate surface area is 133 Å². The van der Waals surface area contributed by atoms with Gasteiger partial charge in [0.2, 0.25) is 0 Å². The van der Waals surface area contributed by atoms with E-state index in [0.717, 1.165) is 40.4 Å². The van der Waals surface area contributed by atoms with Crippen molar-refractivity contribution in [3.8, 4) is 11.4 Å². The maximum atomic E-state index is 4.75. The minimum Gasteiger partial charge on any atom is -0.367 e. The molecule has 0 radical (unpaired) electrons. The summed E-state index contributed by atoms with van der Waals surface area (Å²) in [6, 6.07) is 10.0. The van der Waals surface area contributed by atoms with E-state index in [9.17, 15) is 0 Å². The summed E-state index contributed by atoms with van der Waals surface area (Å²) in [5.41, 5.74) is 4.59. The maximum Gasteiger partial charge on any atom is 0.181 e. The van der Waals surface area contributed by atoms with E-state index in [2.05, 4.69) is 44.8 Å². The quantitative estimate of drug-likeness (QED) is 0.606. The molecule has 6 heteroatoms. The van der Waals surface area contributed by atoms with Gasteiger partial charge < -0.3 is 5.32 Å². The van der Waals surface area contributed by atoms with E-state index in [1.54, 1.807) is 0 Å². The molecule has 0 atom stereocenters. The first-order chi connectivity index (χ1) is 11.2. The third kappa shape index (κ3) is 2.32. The van der Waals surface area contributed by atoms with Gasteiger partial charge in [0.05, 0.1) is 22.9 Å². The average Bonchev–Trinajstić information content (AvgIpc) is 3.21. The topological polar surface area (TPSA) is 70.9 Å². The number of para-hydroxylation sites is 2. The molecule has 0 aliphatic carbocycles. The number of H-pyrrole nitrogens is 1. The van der Waals surface area contributed by atoms with Crippen LogP contribution in [0.2, 0.25) is 0 Å². The Balaban J connectivity index is 2.00. The van der Waals surface area contributed by atoms with Crippen LogP contribution in [-0.4, -0.2) is 31.1 Å². The second kappa shape index (κ2) is 5.39. The summed E-state index contributed by atoms with van der Waals surface area (Å²) in [6.07, 6.45) is 3.66. The fraction of sp³-hybridized carbons (Fsp3) is 0.235. The van der Waals surface area contributed by atoms with Gasteiger partial charge in [0, 0.05) is 12.7 Å². The van der Waals surface area contributed by atoms with Crippen LogP contribution in [0, 0.1) is 5.92 Å². The average molecular weight is 306 g/mol. The smallest absolute Gasteiger partial charge is 0.181 e. The van der Waals surface area contributed by atoms with Crippen molar-refractivity contribution in [3.05, 3.63) is 42.7 Å². The molecule has 0 bridgehead atoms. The van der Waals surface area contributed by atoms with Crippen molar-refractivity contribution in [1.82, 2.24) is 24.6 Å². The molecule has 0 fully saturated rings. The van der Waals surface area contributed by atoms with Crippen molar-refractivity contribution in [3.63, 3.8) is 0 Å². The number of imidazole rings is 1. The van der Waals surface area contributed by atoms with E-state index in [1.807, 2.05) is 36.7 Å². The number of rotatable bonds is 4. The highest BCUT2D eigenvalue weighted by atomic mass is 15.2. The molecule has 0 saturated carbocycles. The van der Waals surface area contributed by atoms with E-state index in [1.165, 1.54) is 0 Å². The molecule has 116 valence electrons. The maximum absolute atomic E-state index is 4.75. The van der Waals surface area contributed by atoms with Crippen molar-refractivity contribution in [2.45, 2.75) is 13.8 Å². The first-order valence-corrected chi connectivity index (χ1v) is 7.74. The molecule has 2 N–H and O–H groups in total. The van der Waals surface area contributed by atoms with Crippen molar-refractivity contribution < 1.29 is 0 Å². The zero-order valence-corrected chi connectivity index (χ0v) is 13.1. The van der Waals surface area contributed by atoms with Gasteiger partial charge >= 0.3 is 0 Å². The Morgan fingerprint density at radius 1 is 1.22 bits per heavy atom. The third-order valence-corrected chi connectivity index (χ3v) is 3.77. The van der Waals surface area contributed by atoms with Crippen LogP contribution in [0.4, 0.5) is 5.82 Å². The number of anilines is 1. The Morgan fingerprint density at radius 2 is 2.09 bits per heavy atom. The number of benzene rings is 1. The number of nitrogens with zero attached hydrogens (tertiary/aromatic N) is 4. The molecule has 0 saturated heterocycles. The van der Waals surface area contributed by atoms with Gasteiger partial charge in [-0.25, -0.2) is 9.97 Å². The highest BCUT2D eigenvalue weighted by Crippen LogP contribution is 2.27. The molecule has 1 aromatic carbocycles. The van der Waals surface area contributed by atoms with Gasteiger partial charge in [-0.2, -0.15) is 5.10 Å². The number of hydrogen-bond acceptors (Lipinski definition) is 4. The number of hydrogen-bond donors (Lipinski definition) is 2. The summed E-state index contributed by atoms with van der Waals surface area (Å²) in [7, 11) is 0. The molecule has 23 heavy (non-hydrogen) atoms. The van der Waals surface area contributed by atoms with Crippen molar-refractivity contribution in [2.75, 3.05) is 11.9 Å². The van der Waals surface area contributed by atoms with Gasteiger partial charge in [-0.3, -0.25) is 9.50 Å². The largest absolute Gasteiger partial charge is 0.367 e. The predicted octanol–water partition coefficient (Wildman–Crippen LogP) is 3.34. The molecule has 3 aromatic heterocycles. The van der Waals surface area contributed by atoms with E-state index in [4.69, 9.17) is 4.98 Å². The Bertz CT molecular complexity index is 952. The molecule has 0 spiro atoms. The lowest BCUT2D eigenvalue weighted by molar-refractivity contribution is 0.687. The summed E-state index contributed by atoms with van der Waals surface area (Å²) in [5.74, 6) is 1.34. The van der Waals surface area contributed by atoms with E-state index >= 15 is 0 Å². The summed E-state index contributed by atoms with van der Waals surface area (Å²) < 4.78 is 2.11. The van der Waals surface area contributed by atoms with Crippen LogP contribution >= 0.6 is 0 Å². The second-order valence-corrected chi connectivity index (χ2v) is 5.99. The molecule has 0 amide bonds. The fourth-order valence-corrected chi connectivity index (χ4v) is 2.68. The van der Waals surface area contributed by atoms with Crippen LogP contribution in [-0.2, 0) is 0 Å². The van der Waals surface area contributed by atoms with Gasteiger partial charge in [-0.05, 0) is 24.1 Å². The molecular formula is C17H18N6. The van der Waals surface area contributed by atoms with Gasteiger partial charge in [-0.15, -0.1) is 0 Å². The number of nitrogens with one attached hydrogen (secondary N) is 2. The van der Waals surface area contributed by atoms with Gasteiger partial charge in [0.15, 0.2) is 11.5 Å². The van der Waals surface area contributed by atoms with Crippen LogP contribution in [0.3, 0.4) is 0 Å². The van der Waals surface area contributed by atoms with Gasteiger partial charge in [-0.1, -0.05) is 26.0 Å². The van der Waals surface area contributed by atoms with Crippen LogP contribution in [0.1, 0.15) is 13.8 Å². The molecule has 0 aliphatic heterocycles. The third-order valence-electron chi connectivity index (χ3n) is 3.77. The molecule has 0 unspecified atom stereocenters. The molecule has 4 rings (SSSR count). The standard InChI is InChI=1S/C17H18N6/c1-11(2)9-18-16-17-19-10-15(13-7-8-20-22-13)23(17)14-6-4-3-5-12(14)21-16/h3-8,10-11H,9H2,1-2H3,(H,18,21)(H,20,22). The summed E-state index contributed by atoms with van der Waals surface area (Å²) >= 11 is 0. The van der Waals surface area contributed by atoms with Crippen LogP contribution in [0.5, 0.6) is 0 Å². The van der Waals surface area contributed by atoms with E-state index in [-0.39, 0.29) is 0 Å². The summed E-state index contributed by atoms with van der Waals surface area (Å²) in [4.78, 5) is 9.33. The fourth-order valence-electron chi connectivity index (χ4n) is 2.68. The van der Waals surface area contributed by atoms with Crippen molar-refractivity contribution in [2.24, 2.45) is 5.92 Å². The number of aromatic amines is 1. The molecule has 6 nitrogen and oxygen atoms in total. The van der Waals surface area contributed by atoms with E-state index < -0.39 is 0 Å². The number of aromatic nitrogens is 5.